The highest BCUT2D eigenvalue weighted by Gasteiger charge is 2.18. The van der Waals surface area contributed by atoms with Crippen LogP contribution in [0, 0.1) is 0 Å². The van der Waals surface area contributed by atoms with E-state index < -0.39 is 0 Å². The van der Waals surface area contributed by atoms with Gasteiger partial charge in [0.2, 0.25) is 0 Å². The number of hydrogen-bond acceptors (Lipinski definition) is 12. The summed E-state index contributed by atoms with van der Waals surface area (Å²) in [6.07, 6.45) is 3.25. The highest BCUT2D eigenvalue weighted by molar-refractivity contribution is 7.29. The lowest BCUT2D eigenvalue weighted by Gasteiger charge is -2.23. The molecule has 0 fully saturated rings. The second-order valence-corrected chi connectivity index (χ2v) is 16.8. The fraction of sp³-hybridized carbons (Fsp3) is 0. The van der Waals surface area contributed by atoms with E-state index in [2.05, 4.69) is 112 Å². The van der Waals surface area contributed by atoms with Gasteiger partial charge in [-0.15, -0.1) is 45.3 Å². The van der Waals surface area contributed by atoms with Gasteiger partial charge in [-0.05, 0) is 96.6 Å². The van der Waals surface area contributed by atoms with E-state index in [4.69, 9.17) is 14.5 Å². The summed E-state index contributed by atoms with van der Waals surface area (Å²) in [7, 11) is 0. The predicted octanol–water partition coefficient (Wildman–Crippen LogP) is 12.7. The molecule has 0 aliphatic heterocycles. The van der Waals surface area contributed by atoms with E-state index in [0.717, 1.165) is 26.8 Å². The van der Waals surface area contributed by atoms with E-state index in [1.165, 1.54) is 35.5 Å². The van der Waals surface area contributed by atoms with Crippen molar-refractivity contribution < 1.29 is 19.1 Å². The van der Waals surface area contributed by atoms with Gasteiger partial charge >= 0.3 is 0 Å². The number of hydrogen-bond donors (Lipinski definition) is 0. The van der Waals surface area contributed by atoms with Crippen molar-refractivity contribution in [3.63, 3.8) is 0 Å². The highest BCUT2D eigenvalue weighted by atomic mass is 32.1. The van der Waals surface area contributed by atoms with Crippen LogP contribution in [-0.4, -0.2) is 27.9 Å². The first-order valence-electron chi connectivity index (χ1n) is 17.6. The van der Waals surface area contributed by atoms with E-state index in [1.54, 1.807) is 64.5 Å². The van der Waals surface area contributed by atoms with E-state index in [9.17, 15) is 9.59 Å². The molecule has 7 heterocycles. The minimum Gasteiger partial charge on any atom is -0.429 e. The number of anilines is 3. The number of nitrogens with zero attached hydrogens (tertiary/aromatic N) is 4. The van der Waals surface area contributed by atoms with Crippen LogP contribution < -0.4 is 14.4 Å². The van der Waals surface area contributed by atoms with E-state index in [1.807, 2.05) is 35.6 Å². The number of ether oxygens (including phenoxy) is 2. The van der Waals surface area contributed by atoms with Crippen LogP contribution in [-0.2, 0) is 9.59 Å². The van der Waals surface area contributed by atoms with Gasteiger partial charge in [-0.1, -0.05) is 36.4 Å². The molecule has 276 valence electrons. The number of para-hydroxylation sites is 2. The van der Waals surface area contributed by atoms with Gasteiger partial charge in [-0.2, -0.15) is 0 Å². The lowest BCUT2D eigenvalue weighted by Crippen LogP contribution is -2.07. The van der Waals surface area contributed by atoms with E-state index in [-0.39, 0.29) is 5.75 Å². The molecule has 0 bridgehead atoms. The van der Waals surface area contributed by atoms with Crippen molar-refractivity contribution in [2.24, 2.45) is 0 Å². The molecular formula is C45H28N4O4S4. The van der Waals surface area contributed by atoms with E-state index >= 15 is 0 Å². The molecule has 0 amide bonds. The van der Waals surface area contributed by atoms with Gasteiger partial charge in [0, 0.05) is 76.1 Å². The summed E-state index contributed by atoms with van der Waals surface area (Å²) in [6.45, 7) is 0.707. The molecule has 57 heavy (non-hydrogen) atoms. The Labute approximate surface area is 343 Å². The molecular weight excluding hydrogens is 789 g/mol. The smallest absolute Gasteiger partial charge is 0.298 e. The zero-order valence-electron chi connectivity index (χ0n) is 29.7. The molecule has 0 N–H and O–H groups in total. The maximum absolute atomic E-state index is 11.3. The van der Waals surface area contributed by atoms with Crippen molar-refractivity contribution in [3.05, 3.63) is 158 Å². The highest BCUT2D eigenvalue weighted by Crippen LogP contribution is 2.47. The number of rotatable bonds is 13. The predicted molar refractivity (Wildman–Crippen MR) is 232 cm³/mol. The molecule has 0 spiro atoms. The first-order chi connectivity index (χ1) is 28.1. The third-order valence-electron chi connectivity index (χ3n) is 8.86. The Morgan fingerprint density at radius 1 is 0.439 bits per heavy atom. The maximum atomic E-state index is 11.3. The van der Waals surface area contributed by atoms with Crippen LogP contribution in [0.4, 0.5) is 16.4 Å². The van der Waals surface area contributed by atoms with Crippen molar-refractivity contribution in [2.45, 2.75) is 0 Å². The standard InChI is InChI=1S/C45H28N4O4S4/c50-27-52-32-20-22-47-35(24-32)37-26-33(53-28-51)25-36(48-37)34-23-29(19-21-46-34)38-11-12-39(54-38)40-13-14-41(55-40)42-15-16-43(56-42)44-17-18-45(57-44)49(30-7-3-1-4-8-30)31-9-5-2-6-10-31/h1-28H. The molecule has 0 saturated heterocycles. The lowest BCUT2D eigenvalue weighted by molar-refractivity contribution is -0.121. The molecule has 0 aliphatic rings. The number of aromatic nitrogens is 3. The first-order valence-corrected chi connectivity index (χ1v) is 20.8. The Bertz CT molecular complexity index is 2790. The summed E-state index contributed by atoms with van der Waals surface area (Å²) < 4.78 is 10.2. The summed E-state index contributed by atoms with van der Waals surface area (Å²) >= 11 is 7.11. The normalized spacial score (nSPS) is 10.9. The largest absolute Gasteiger partial charge is 0.429 e. The molecule has 0 unspecified atom stereocenters. The van der Waals surface area contributed by atoms with Gasteiger partial charge in [0.15, 0.2) is 0 Å². The fourth-order valence-electron chi connectivity index (χ4n) is 6.26. The Balaban J connectivity index is 0.947. The Morgan fingerprint density at radius 3 is 1.47 bits per heavy atom. The maximum Gasteiger partial charge on any atom is 0.298 e. The molecule has 0 atom stereocenters. The molecule has 0 aliphatic carbocycles. The van der Waals surface area contributed by atoms with Crippen molar-refractivity contribution in [1.29, 1.82) is 0 Å². The van der Waals surface area contributed by atoms with Gasteiger partial charge < -0.3 is 14.4 Å². The number of pyridine rings is 3. The number of carbonyl (C=O) groups excluding carboxylic acids is 2. The van der Waals surface area contributed by atoms with Crippen LogP contribution in [0.5, 0.6) is 11.5 Å². The molecule has 7 aromatic heterocycles. The van der Waals surface area contributed by atoms with Crippen molar-refractivity contribution in [1.82, 2.24) is 15.0 Å². The van der Waals surface area contributed by atoms with Gasteiger partial charge in [0.1, 0.15) is 16.5 Å². The number of thiophene rings is 4. The topological polar surface area (TPSA) is 94.5 Å². The average Bonchev–Trinajstić information content (AvgIpc) is 4.10. The molecule has 12 heteroatoms. The third-order valence-corrected chi connectivity index (χ3v) is 13.8. The Kier molecular flexibility index (Phi) is 10.3. The van der Waals surface area contributed by atoms with Crippen molar-refractivity contribution in [3.8, 4) is 74.0 Å². The van der Waals surface area contributed by atoms with Crippen LogP contribution in [0.1, 0.15) is 0 Å². The van der Waals surface area contributed by atoms with Crippen LogP contribution >= 0.6 is 45.3 Å². The first kappa shape index (κ1) is 36.1. The molecule has 2 aromatic carbocycles. The molecule has 9 rings (SSSR count). The van der Waals surface area contributed by atoms with Crippen LogP contribution in [0.25, 0.3) is 62.5 Å². The lowest BCUT2D eigenvalue weighted by atomic mass is 10.1. The monoisotopic (exact) mass is 816 g/mol. The fourth-order valence-corrected chi connectivity index (χ4v) is 10.6. The second kappa shape index (κ2) is 16.3. The van der Waals surface area contributed by atoms with Gasteiger partial charge in [0.05, 0.1) is 22.8 Å². The quantitative estimate of drug-likeness (QED) is 0.106. The third kappa shape index (κ3) is 7.80. The van der Waals surface area contributed by atoms with Crippen LogP contribution in [0.2, 0.25) is 0 Å². The SMILES string of the molecule is O=COc1ccnc(-c2cc(OC=O)cc(-c3cc(-c4ccc(-c5ccc(-c6ccc(-c7ccc(N(c8ccccc8)c8ccccc8)s7)s6)s5)s4)ccn3)n2)c1. The Hall–Kier alpha value is -6.57. The van der Waals surface area contributed by atoms with Gasteiger partial charge in [-0.3, -0.25) is 19.6 Å². The zero-order valence-corrected chi connectivity index (χ0v) is 33.0. The number of benzene rings is 2. The van der Waals surface area contributed by atoms with Gasteiger partial charge in [0.25, 0.3) is 12.9 Å². The average molecular weight is 817 g/mol. The summed E-state index contributed by atoms with van der Waals surface area (Å²) in [5, 5.41) is 1.16. The Morgan fingerprint density at radius 2 is 0.895 bits per heavy atom. The number of carbonyl (C=O) groups is 2. The summed E-state index contributed by atoms with van der Waals surface area (Å²) in [5.74, 6) is 0.595. The molecule has 8 nitrogen and oxygen atoms in total. The minimum absolute atomic E-state index is 0.281. The zero-order chi connectivity index (χ0) is 38.6. The van der Waals surface area contributed by atoms with Crippen molar-refractivity contribution in [2.75, 3.05) is 4.90 Å². The van der Waals surface area contributed by atoms with Crippen LogP contribution in [0.3, 0.4) is 0 Å². The van der Waals surface area contributed by atoms with Crippen molar-refractivity contribution >= 4 is 74.7 Å². The van der Waals surface area contributed by atoms with Crippen LogP contribution in [0.15, 0.2) is 158 Å². The van der Waals surface area contributed by atoms with E-state index in [0.29, 0.717) is 41.5 Å². The minimum atomic E-state index is 0.281. The summed E-state index contributed by atoms with van der Waals surface area (Å²) in [6, 6.07) is 48.9. The summed E-state index contributed by atoms with van der Waals surface area (Å²) in [5.41, 5.74) is 5.19. The summed E-state index contributed by atoms with van der Waals surface area (Å²) in [4.78, 5) is 46.6. The molecule has 0 radical (unpaired) electrons. The van der Waals surface area contributed by atoms with Gasteiger partial charge in [-0.25, -0.2) is 4.98 Å². The molecule has 0 saturated carbocycles. The molecule has 9 aromatic rings. The second-order valence-electron chi connectivity index (χ2n) is 12.4.